The molecule has 0 spiro atoms. The summed E-state index contributed by atoms with van der Waals surface area (Å²) in [5, 5.41) is 18.1. The van der Waals surface area contributed by atoms with Crippen LogP contribution in [0.4, 0.5) is 15.8 Å². The molecule has 0 aliphatic rings. The van der Waals surface area contributed by atoms with Crippen molar-refractivity contribution in [2.24, 2.45) is 5.10 Å². The first kappa shape index (κ1) is 23.5. The molecule has 0 aliphatic carbocycles. The Hall–Kier alpha value is -4.64. The summed E-state index contributed by atoms with van der Waals surface area (Å²) in [6.45, 7) is -0.289. The lowest BCUT2D eigenvalue weighted by Gasteiger charge is -2.09. The molecule has 3 aromatic carbocycles. The van der Waals surface area contributed by atoms with Crippen molar-refractivity contribution in [2.75, 3.05) is 11.9 Å². The number of nitro groups is 1. The molecule has 0 bridgehead atoms. The zero-order valence-corrected chi connectivity index (χ0v) is 18.8. The summed E-state index contributed by atoms with van der Waals surface area (Å²) < 4.78 is 19.3. The lowest BCUT2D eigenvalue weighted by atomic mass is 10.2. The molecule has 9 nitrogen and oxygen atoms in total. The van der Waals surface area contributed by atoms with Crippen LogP contribution in [-0.4, -0.2) is 29.6 Å². The number of benzene rings is 3. The zero-order chi connectivity index (χ0) is 24.8. The predicted octanol–water partition coefficient (Wildman–Crippen LogP) is 4.73. The van der Waals surface area contributed by atoms with Crippen LogP contribution in [0, 0.1) is 15.9 Å². The van der Waals surface area contributed by atoms with Crippen molar-refractivity contribution in [3.8, 4) is 5.75 Å². The quantitative estimate of drug-likeness (QED) is 0.209. The summed E-state index contributed by atoms with van der Waals surface area (Å²) in [4.78, 5) is 35.4. The van der Waals surface area contributed by atoms with Crippen molar-refractivity contribution in [1.82, 2.24) is 5.43 Å². The van der Waals surface area contributed by atoms with Crippen molar-refractivity contribution in [3.63, 3.8) is 0 Å². The van der Waals surface area contributed by atoms with Gasteiger partial charge in [-0.2, -0.15) is 5.10 Å². The van der Waals surface area contributed by atoms with E-state index in [-0.39, 0.29) is 12.3 Å². The van der Waals surface area contributed by atoms with Crippen molar-refractivity contribution in [3.05, 3.63) is 99.2 Å². The largest absolute Gasteiger partial charge is 0.483 e. The molecule has 4 rings (SSSR count). The molecule has 35 heavy (non-hydrogen) atoms. The summed E-state index contributed by atoms with van der Waals surface area (Å²) in [6, 6.07) is 18.1. The van der Waals surface area contributed by atoms with Gasteiger partial charge in [0.25, 0.3) is 17.5 Å². The fraction of sp³-hybridized carbons (Fsp3) is 0.0417. The number of anilines is 1. The summed E-state index contributed by atoms with van der Waals surface area (Å²) in [6.07, 6.45) is 1.38. The van der Waals surface area contributed by atoms with Gasteiger partial charge in [-0.05, 0) is 48.5 Å². The number of ether oxygens (including phenoxy) is 1. The first-order valence-corrected chi connectivity index (χ1v) is 11.0. The minimum absolute atomic E-state index is 0.0526. The van der Waals surface area contributed by atoms with E-state index >= 15 is 0 Å². The van der Waals surface area contributed by atoms with E-state index in [1.54, 1.807) is 36.4 Å². The molecule has 11 heteroatoms. The third kappa shape index (κ3) is 6.03. The van der Waals surface area contributed by atoms with E-state index in [0.29, 0.717) is 27.3 Å². The van der Waals surface area contributed by atoms with Crippen molar-refractivity contribution in [2.45, 2.75) is 0 Å². The number of hydrazone groups is 1. The lowest BCUT2D eigenvalue weighted by molar-refractivity contribution is -0.384. The van der Waals surface area contributed by atoms with Crippen LogP contribution < -0.4 is 15.5 Å². The third-order valence-electron chi connectivity index (χ3n) is 4.71. The number of thiophene rings is 1. The number of halogens is 1. The second kappa shape index (κ2) is 10.5. The number of hydrogen-bond acceptors (Lipinski definition) is 7. The van der Waals surface area contributed by atoms with Gasteiger partial charge in [-0.25, -0.2) is 9.82 Å². The number of non-ortho nitro benzene ring substituents is 1. The molecular weight excluding hydrogens is 475 g/mol. The molecule has 0 unspecified atom stereocenters. The number of fused-ring (bicyclic) bond motifs is 1. The summed E-state index contributed by atoms with van der Waals surface area (Å²) in [5.74, 6) is -0.936. The Morgan fingerprint density at radius 1 is 1.09 bits per heavy atom. The molecule has 0 saturated heterocycles. The van der Waals surface area contributed by atoms with E-state index in [9.17, 15) is 24.1 Å². The molecule has 4 aromatic rings. The van der Waals surface area contributed by atoms with E-state index in [1.165, 1.54) is 53.9 Å². The van der Waals surface area contributed by atoms with Gasteiger partial charge in [-0.1, -0.05) is 12.1 Å². The number of nitro benzene ring substituents is 1. The maximum Gasteiger partial charge on any atom is 0.281 e. The van der Waals surface area contributed by atoms with Gasteiger partial charge >= 0.3 is 0 Å². The van der Waals surface area contributed by atoms with Crippen LogP contribution in [0.1, 0.15) is 15.2 Å². The molecule has 1 aromatic heterocycles. The SMILES string of the molecule is O=C(COc1ccccc1C=NNC(=O)c1cc2cc([N+](=O)[O-])ccc2s1)Nc1ccc(F)cc1. The number of rotatable bonds is 8. The first-order chi connectivity index (χ1) is 16.9. The first-order valence-electron chi connectivity index (χ1n) is 10.2. The van der Waals surface area contributed by atoms with Crippen LogP contribution in [0.2, 0.25) is 0 Å². The van der Waals surface area contributed by atoms with Gasteiger partial charge in [-0.3, -0.25) is 19.7 Å². The van der Waals surface area contributed by atoms with Crippen LogP contribution in [0.25, 0.3) is 10.1 Å². The number of carbonyl (C=O) groups is 2. The number of carbonyl (C=O) groups excluding carboxylic acids is 2. The topological polar surface area (TPSA) is 123 Å². The molecule has 2 amide bonds. The fourth-order valence-electron chi connectivity index (χ4n) is 3.06. The van der Waals surface area contributed by atoms with Gasteiger partial charge in [0.1, 0.15) is 11.6 Å². The minimum Gasteiger partial charge on any atom is -0.483 e. The Labute approximate surface area is 202 Å². The standard InChI is InChI=1S/C24H17FN4O5S/c25-17-5-7-18(8-6-17)27-23(30)14-34-20-4-2-1-3-15(20)13-26-28-24(31)22-12-16-11-19(29(32)33)9-10-21(16)35-22/h1-13H,14H2,(H,27,30)(H,28,31). The highest BCUT2D eigenvalue weighted by atomic mass is 32.1. The van der Waals surface area contributed by atoms with Crippen LogP contribution in [0.3, 0.4) is 0 Å². The van der Waals surface area contributed by atoms with Gasteiger partial charge < -0.3 is 10.1 Å². The Kier molecular flexibility index (Phi) is 7.07. The van der Waals surface area contributed by atoms with Crippen LogP contribution in [0.15, 0.2) is 77.9 Å². The highest BCUT2D eigenvalue weighted by molar-refractivity contribution is 7.20. The molecule has 0 saturated carbocycles. The molecule has 0 radical (unpaired) electrons. The Balaban J connectivity index is 1.36. The lowest BCUT2D eigenvalue weighted by Crippen LogP contribution is -2.20. The number of amides is 2. The molecule has 0 aliphatic heterocycles. The highest BCUT2D eigenvalue weighted by Crippen LogP contribution is 2.29. The fourth-order valence-corrected chi connectivity index (χ4v) is 4.00. The summed E-state index contributed by atoms with van der Waals surface area (Å²) in [5.41, 5.74) is 3.32. The van der Waals surface area contributed by atoms with Gasteiger partial charge in [-0.15, -0.1) is 11.3 Å². The van der Waals surface area contributed by atoms with Gasteiger partial charge in [0.2, 0.25) is 0 Å². The van der Waals surface area contributed by atoms with E-state index in [2.05, 4.69) is 15.8 Å². The average Bonchev–Trinajstić information content (AvgIpc) is 3.28. The number of nitrogens with zero attached hydrogens (tertiary/aromatic N) is 2. The summed E-state index contributed by atoms with van der Waals surface area (Å²) >= 11 is 1.19. The second-order valence-corrected chi connectivity index (χ2v) is 8.25. The second-order valence-electron chi connectivity index (χ2n) is 7.17. The van der Waals surface area contributed by atoms with Crippen LogP contribution in [0.5, 0.6) is 5.75 Å². The summed E-state index contributed by atoms with van der Waals surface area (Å²) in [7, 11) is 0. The van der Waals surface area contributed by atoms with Crippen LogP contribution >= 0.6 is 11.3 Å². The van der Waals surface area contributed by atoms with E-state index in [4.69, 9.17) is 4.74 Å². The number of para-hydroxylation sites is 1. The normalized spacial score (nSPS) is 10.9. The van der Waals surface area contributed by atoms with Gasteiger partial charge in [0, 0.05) is 33.5 Å². The molecular formula is C24H17FN4O5S. The maximum absolute atomic E-state index is 13.0. The molecule has 0 fully saturated rings. The Morgan fingerprint density at radius 2 is 1.86 bits per heavy atom. The van der Waals surface area contributed by atoms with Crippen LogP contribution in [-0.2, 0) is 4.79 Å². The molecule has 176 valence electrons. The minimum atomic E-state index is -0.493. The third-order valence-corrected chi connectivity index (χ3v) is 5.82. The highest BCUT2D eigenvalue weighted by Gasteiger charge is 2.13. The Bertz CT molecular complexity index is 1440. The van der Waals surface area contributed by atoms with E-state index in [0.717, 1.165) is 4.70 Å². The molecule has 2 N–H and O–H groups in total. The molecule has 1 heterocycles. The van der Waals surface area contributed by atoms with Gasteiger partial charge in [0.05, 0.1) is 16.0 Å². The van der Waals surface area contributed by atoms with Gasteiger partial charge in [0.15, 0.2) is 6.61 Å². The average molecular weight is 492 g/mol. The Morgan fingerprint density at radius 3 is 2.63 bits per heavy atom. The number of nitrogens with one attached hydrogen (secondary N) is 2. The maximum atomic E-state index is 13.0. The van der Waals surface area contributed by atoms with Crippen molar-refractivity contribution >= 4 is 50.8 Å². The number of hydrogen-bond donors (Lipinski definition) is 2. The van der Waals surface area contributed by atoms with Crippen molar-refractivity contribution in [1.29, 1.82) is 0 Å². The van der Waals surface area contributed by atoms with E-state index < -0.39 is 22.6 Å². The molecule has 0 atom stereocenters. The monoisotopic (exact) mass is 492 g/mol. The zero-order valence-electron chi connectivity index (χ0n) is 17.9. The van der Waals surface area contributed by atoms with E-state index in [1.807, 2.05) is 0 Å². The van der Waals surface area contributed by atoms with Crippen molar-refractivity contribution < 1.29 is 23.6 Å². The smallest absolute Gasteiger partial charge is 0.281 e. The predicted molar refractivity (Wildman–Crippen MR) is 131 cm³/mol.